The molecule has 4 aromatic rings. The van der Waals surface area contributed by atoms with Crippen molar-refractivity contribution in [3.63, 3.8) is 0 Å². The second kappa shape index (κ2) is 11.8. The van der Waals surface area contributed by atoms with E-state index in [4.69, 9.17) is 9.72 Å². The van der Waals surface area contributed by atoms with Crippen LogP contribution in [0, 0.1) is 20.8 Å². The number of hydrogen-bond donors (Lipinski definition) is 2. The number of ether oxygens (including phenoxy) is 1. The third-order valence-corrected chi connectivity index (χ3v) is 8.36. The molecular weight excluding hydrogens is 508 g/mol. The van der Waals surface area contributed by atoms with Crippen molar-refractivity contribution in [3.05, 3.63) is 85.3 Å². The number of nitrogens with one attached hydrogen (secondary N) is 2. The molecule has 1 aliphatic heterocycles. The van der Waals surface area contributed by atoms with Crippen molar-refractivity contribution in [3.8, 4) is 11.1 Å². The molecule has 2 aromatic carbocycles. The normalized spacial score (nSPS) is 14.2. The molecule has 7 nitrogen and oxygen atoms in total. The summed E-state index contributed by atoms with van der Waals surface area (Å²) in [7, 11) is 0. The number of carbonyl (C=O) groups is 1. The molecule has 3 heterocycles. The predicted molar refractivity (Wildman–Crippen MR) is 158 cm³/mol. The third kappa shape index (κ3) is 5.98. The molecule has 1 fully saturated rings. The SMILES string of the molecule is CCCc1cc(C)[nH]c(=O)c1CNC(=O)c1cc(-c2ccc(CN3CCOCC3)cc2)c2sc(C)nc2c1C. The first kappa shape index (κ1) is 27.2. The van der Waals surface area contributed by atoms with E-state index in [1.54, 1.807) is 11.3 Å². The van der Waals surface area contributed by atoms with Gasteiger partial charge in [-0.05, 0) is 61.6 Å². The van der Waals surface area contributed by atoms with Crippen molar-refractivity contribution in [2.24, 2.45) is 0 Å². The number of H-pyrrole nitrogens is 1. The van der Waals surface area contributed by atoms with Crippen LogP contribution in [0.4, 0.5) is 0 Å². The lowest BCUT2D eigenvalue weighted by molar-refractivity contribution is 0.0342. The van der Waals surface area contributed by atoms with Crippen molar-refractivity contribution in [2.75, 3.05) is 26.3 Å². The zero-order chi connectivity index (χ0) is 27.5. The van der Waals surface area contributed by atoms with Crippen LogP contribution in [-0.2, 0) is 24.2 Å². The van der Waals surface area contributed by atoms with E-state index < -0.39 is 0 Å². The lowest BCUT2D eigenvalue weighted by Gasteiger charge is -2.26. The highest BCUT2D eigenvalue weighted by Crippen LogP contribution is 2.37. The van der Waals surface area contributed by atoms with Gasteiger partial charge in [0.15, 0.2) is 0 Å². The van der Waals surface area contributed by atoms with Gasteiger partial charge < -0.3 is 15.0 Å². The number of aromatic nitrogens is 2. The average Bonchev–Trinajstić information content (AvgIpc) is 3.31. The summed E-state index contributed by atoms with van der Waals surface area (Å²) < 4.78 is 6.56. The van der Waals surface area contributed by atoms with E-state index in [1.165, 1.54) is 5.56 Å². The summed E-state index contributed by atoms with van der Waals surface area (Å²) in [6, 6.07) is 12.6. The summed E-state index contributed by atoms with van der Waals surface area (Å²) in [5.41, 5.74) is 7.92. The van der Waals surface area contributed by atoms with Gasteiger partial charge in [0.2, 0.25) is 0 Å². The van der Waals surface area contributed by atoms with E-state index in [0.717, 1.165) is 88.9 Å². The Bertz CT molecular complexity index is 1550. The second-order valence-electron chi connectivity index (χ2n) is 10.3. The molecule has 2 N–H and O–H groups in total. The van der Waals surface area contributed by atoms with Crippen LogP contribution in [0.15, 0.2) is 41.2 Å². The Hall–Kier alpha value is -3.33. The molecule has 0 unspecified atom stereocenters. The molecule has 204 valence electrons. The number of aromatic amines is 1. The molecular formula is C31H36N4O3S. The summed E-state index contributed by atoms with van der Waals surface area (Å²) in [5.74, 6) is -0.201. The van der Waals surface area contributed by atoms with Gasteiger partial charge in [0.25, 0.3) is 11.5 Å². The number of rotatable bonds is 8. The highest BCUT2D eigenvalue weighted by atomic mass is 32.1. The quantitative estimate of drug-likeness (QED) is 0.315. The number of amides is 1. The lowest BCUT2D eigenvalue weighted by Crippen LogP contribution is -2.35. The molecule has 2 aromatic heterocycles. The van der Waals surface area contributed by atoms with Gasteiger partial charge in [-0.15, -0.1) is 11.3 Å². The summed E-state index contributed by atoms with van der Waals surface area (Å²) in [4.78, 5) is 36.3. The van der Waals surface area contributed by atoms with Crippen LogP contribution in [0.5, 0.6) is 0 Å². The fourth-order valence-corrected chi connectivity index (χ4v) is 6.32. The standard InChI is InChI=1S/C31H36N4O3S/c1-5-6-24-15-19(2)33-31(37)27(24)17-32-30(36)25-16-26(29-28(20(25)3)34-21(4)39-29)23-9-7-22(8-10-23)18-35-11-13-38-14-12-35/h7-10,15-16H,5-6,11-14,17-18H2,1-4H3,(H,32,36)(H,33,37). The average molecular weight is 545 g/mol. The molecule has 8 heteroatoms. The van der Waals surface area contributed by atoms with E-state index in [0.29, 0.717) is 11.1 Å². The number of hydrogen-bond acceptors (Lipinski definition) is 6. The highest BCUT2D eigenvalue weighted by Gasteiger charge is 2.20. The van der Waals surface area contributed by atoms with Crippen LogP contribution in [0.25, 0.3) is 21.3 Å². The van der Waals surface area contributed by atoms with Gasteiger partial charge in [-0.25, -0.2) is 4.98 Å². The van der Waals surface area contributed by atoms with Crippen LogP contribution in [-0.4, -0.2) is 47.1 Å². The molecule has 39 heavy (non-hydrogen) atoms. The molecule has 0 radical (unpaired) electrons. The van der Waals surface area contributed by atoms with Gasteiger partial charge >= 0.3 is 0 Å². The summed E-state index contributed by atoms with van der Waals surface area (Å²) in [5, 5.41) is 3.99. The van der Waals surface area contributed by atoms with Crippen LogP contribution in [0.3, 0.4) is 0 Å². The molecule has 0 aliphatic carbocycles. The number of nitrogens with zero attached hydrogens (tertiary/aromatic N) is 2. The van der Waals surface area contributed by atoms with Gasteiger partial charge in [0.1, 0.15) is 0 Å². The molecule has 0 spiro atoms. The van der Waals surface area contributed by atoms with Crippen molar-refractivity contribution in [1.82, 2.24) is 20.2 Å². The summed E-state index contributed by atoms with van der Waals surface area (Å²) >= 11 is 1.65. The summed E-state index contributed by atoms with van der Waals surface area (Å²) in [6.45, 7) is 12.5. The van der Waals surface area contributed by atoms with Crippen molar-refractivity contribution in [2.45, 2.75) is 53.6 Å². The monoisotopic (exact) mass is 544 g/mol. The van der Waals surface area contributed by atoms with Crippen molar-refractivity contribution >= 4 is 27.5 Å². The van der Waals surface area contributed by atoms with E-state index >= 15 is 0 Å². The number of morpholine rings is 1. The van der Waals surface area contributed by atoms with Gasteiger partial charge in [-0.3, -0.25) is 14.5 Å². The fourth-order valence-electron chi connectivity index (χ4n) is 5.30. The molecule has 1 aliphatic rings. The minimum Gasteiger partial charge on any atom is -0.379 e. The van der Waals surface area contributed by atoms with Crippen LogP contribution in [0.1, 0.15) is 56.7 Å². The Kier molecular flexibility index (Phi) is 8.26. The zero-order valence-electron chi connectivity index (χ0n) is 23.1. The van der Waals surface area contributed by atoms with E-state index in [1.807, 2.05) is 32.9 Å². The number of benzene rings is 2. The minimum atomic E-state index is -0.201. The zero-order valence-corrected chi connectivity index (χ0v) is 24.0. The van der Waals surface area contributed by atoms with E-state index in [2.05, 4.69) is 46.4 Å². The molecule has 5 rings (SSSR count). The van der Waals surface area contributed by atoms with Gasteiger partial charge in [0.05, 0.1) is 28.4 Å². The first-order chi connectivity index (χ1) is 18.8. The molecule has 0 atom stereocenters. The van der Waals surface area contributed by atoms with Crippen LogP contribution < -0.4 is 10.9 Å². The predicted octanol–water partition coefficient (Wildman–Crippen LogP) is 5.29. The molecule has 0 bridgehead atoms. The molecule has 1 amide bonds. The first-order valence-electron chi connectivity index (χ1n) is 13.6. The van der Waals surface area contributed by atoms with Crippen molar-refractivity contribution in [1.29, 1.82) is 0 Å². The van der Waals surface area contributed by atoms with Gasteiger partial charge in [-0.2, -0.15) is 0 Å². The maximum absolute atomic E-state index is 13.5. The second-order valence-corrected chi connectivity index (χ2v) is 11.5. The first-order valence-corrected chi connectivity index (χ1v) is 14.5. The number of fused-ring (bicyclic) bond motifs is 1. The third-order valence-electron chi connectivity index (χ3n) is 7.35. The summed E-state index contributed by atoms with van der Waals surface area (Å²) in [6.07, 6.45) is 1.72. The Labute approximate surface area is 233 Å². The maximum atomic E-state index is 13.5. The fraction of sp³-hybridized carbons (Fsp3) is 0.387. The lowest BCUT2D eigenvalue weighted by atomic mass is 9.97. The van der Waals surface area contributed by atoms with Gasteiger partial charge in [0, 0.05) is 48.6 Å². The van der Waals surface area contributed by atoms with E-state index in [9.17, 15) is 9.59 Å². The minimum absolute atomic E-state index is 0.140. The Morgan fingerprint density at radius 3 is 2.59 bits per heavy atom. The van der Waals surface area contributed by atoms with Crippen LogP contribution in [0.2, 0.25) is 0 Å². The topological polar surface area (TPSA) is 87.3 Å². The van der Waals surface area contributed by atoms with E-state index in [-0.39, 0.29) is 18.0 Å². The number of pyridine rings is 1. The maximum Gasteiger partial charge on any atom is 0.253 e. The Balaban J connectivity index is 1.44. The highest BCUT2D eigenvalue weighted by molar-refractivity contribution is 7.19. The Morgan fingerprint density at radius 1 is 1.13 bits per heavy atom. The Morgan fingerprint density at radius 2 is 1.87 bits per heavy atom. The molecule has 0 saturated carbocycles. The largest absolute Gasteiger partial charge is 0.379 e. The number of thiazole rings is 1. The molecule has 1 saturated heterocycles. The van der Waals surface area contributed by atoms with Crippen LogP contribution >= 0.6 is 11.3 Å². The smallest absolute Gasteiger partial charge is 0.253 e. The van der Waals surface area contributed by atoms with Gasteiger partial charge in [-0.1, -0.05) is 37.6 Å². The number of aryl methyl sites for hydroxylation is 4. The number of carbonyl (C=O) groups excluding carboxylic acids is 1. The van der Waals surface area contributed by atoms with Crippen molar-refractivity contribution < 1.29 is 9.53 Å².